The van der Waals surface area contributed by atoms with E-state index in [9.17, 15) is 4.79 Å². The van der Waals surface area contributed by atoms with Crippen molar-refractivity contribution in [2.75, 3.05) is 7.11 Å². The lowest BCUT2D eigenvalue weighted by molar-refractivity contribution is -0.148. The van der Waals surface area contributed by atoms with E-state index >= 15 is 0 Å². The Kier molecular flexibility index (Phi) is 2.76. The van der Waals surface area contributed by atoms with Gasteiger partial charge >= 0.3 is 5.97 Å². The summed E-state index contributed by atoms with van der Waals surface area (Å²) in [5, 5.41) is 8.68. The van der Waals surface area contributed by atoms with Crippen molar-refractivity contribution in [3.8, 4) is 0 Å². The van der Waals surface area contributed by atoms with Gasteiger partial charge in [-0.1, -0.05) is 0 Å². The Morgan fingerprint density at radius 1 is 1.58 bits per heavy atom. The molecule has 0 radical (unpaired) electrons. The third-order valence-corrected chi connectivity index (χ3v) is 1.47. The lowest BCUT2D eigenvalue weighted by Crippen LogP contribution is -2.13. The van der Waals surface area contributed by atoms with Crippen LogP contribution in [-0.4, -0.2) is 23.2 Å². The average molecular weight is 167 g/mol. The second-order valence-corrected chi connectivity index (χ2v) is 2.23. The molecule has 0 aromatic carbocycles. The van der Waals surface area contributed by atoms with Crippen LogP contribution in [0.1, 0.15) is 11.7 Å². The minimum Gasteiger partial charge on any atom is -0.479 e. The number of ether oxygens (including phenoxy) is 1. The van der Waals surface area contributed by atoms with Crippen LogP contribution in [0.15, 0.2) is 24.5 Å². The number of aliphatic carboxylic acids is 1. The smallest absolute Gasteiger partial charge is 0.337 e. The van der Waals surface area contributed by atoms with E-state index in [0.29, 0.717) is 5.56 Å². The van der Waals surface area contributed by atoms with Crippen LogP contribution < -0.4 is 0 Å². The maximum Gasteiger partial charge on any atom is 0.337 e. The Hall–Kier alpha value is -1.42. The van der Waals surface area contributed by atoms with Crippen molar-refractivity contribution < 1.29 is 14.6 Å². The van der Waals surface area contributed by atoms with Crippen molar-refractivity contribution in [1.29, 1.82) is 0 Å². The molecule has 0 saturated heterocycles. The van der Waals surface area contributed by atoms with E-state index < -0.39 is 12.1 Å². The highest BCUT2D eigenvalue weighted by molar-refractivity contribution is 5.74. The molecule has 4 nitrogen and oxygen atoms in total. The Morgan fingerprint density at radius 2 is 2.17 bits per heavy atom. The quantitative estimate of drug-likeness (QED) is 0.725. The van der Waals surface area contributed by atoms with Crippen LogP contribution in [0.25, 0.3) is 0 Å². The van der Waals surface area contributed by atoms with Gasteiger partial charge in [-0.25, -0.2) is 4.79 Å². The van der Waals surface area contributed by atoms with Gasteiger partial charge in [-0.3, -0.25) is 4.98 Å². The second-order valence-electron chi connectivity index (χ2n) is 2.23. The molecule has 0 amide bonds. The molecule has 1 N–H and O–H groups in total. The number of carboxylic acid groups (broad SMARTS) is 1. The lowest BCUT2D eigenvalue weighted by Gasteiger charge is -2.09. The first-order valence-corrected chi connectivity index (χ1v) is 3.41. The standard InChI is InChI=1S/C8H9NO3/c1-12-7(8(10)11)6-2-4-9-5-3-6/h2-5,7H,1H3,(H,10,11). The summed E-state index contributed by atoms with van der Waals surface area (Å²) < 4.78 is 4.77. The molecule has 0 aliphatic heterocycles. The van der Waals surface area contributed by atoms with Crippen molar-refractivity contribution in [2.45, 2.75) is 6.10 Å². The van der Waals surface area contributed by atoms with Crippen LogP contribution in [0.5, 0.6) is 0 Å². The van der Waals surface area contributed by atoms with Gasteiger partial charge in [-0.05, 0) is 17.7 Å². The van der Waals surface area contributed by atoms with E-state index in [-0.39, 0.29) is 0 Å². The van der Waals surface area contributed by atoms with Crippen molar-refractivity contribution in [3.05, 3.63) is 30.1 Å². The molecular formula is C8H9NO3. The number of hydrogen-bond acceptors (Lipinski definition) is 3. The van der Waals surface area contributed by atoms with E-state index in [0.717, 1.165) is 0 Å². The van der Waals surface area contributed by atoms with E-state index in [4.69, 9.17) is 9.84 Å². The molecular weight excluding hydrogens is 158 g/mol. The third-order valence-electron chi connectivity index (χ3n) is 1.47. The molecule has 0 fully saturated rings. The zero-order chi connectivity index (χ0) is 8.97. The summed E-state index contributed by atoms with van der Waals surface area (Å²) in [6, 6.07) is 3.23. The van der Waals surface area contributed by atoms with Gasteiger partial charge in [0, 0.05) is 19.5 Å². The van der Waals surface area contributed by atoms with Gasteiger partial charge in [-0.15, -0.1) is 0 Å². The van der Waals surface area contributed by atoms with Gasteiger partial charge in [0.05, 0.1) is 0 Å². The van der Waals surface area contributed by atoms with Gasteiger partial charge in [0.2, 0.25) is 0 Å². The first-order valence-electron chi connectivity index (χ1n) is 3.41. The normalized spacial score (nSPS) is 12.4. The minimum atomic E-state index is -0.997. The lowest BCUT2D eigenvalue weighted by atomic mass is 10.1. The number of carboxylic acids is 1. The average Bonchev–Trinajstić information content (AvgIpc) is 2.07. The van der Waals surface area contributed by atoms with Crippen molar-refractivity contribution >= 4 is 5.97 Å². The zero-order valence-corrected chi connectivity index (χ0v) is 6.60. The summed E-state index contributed by atoms with van der Waals surface area (Å²) in [7, 11) is 1.36. The first-order chi connectivity index (χ1) is 5.75. The largest absolute Gasteiger partial charge is 0.479 e. The van der Waals surface area contributed by atoms with Crippen LogP contribution in [0, 0.1) is 0 Å². The second kappa shape index (κ2) is 3.82. The molecule has 12 heavy (non-hydrogen) atoms. The topological polar surface area (TPSA) is 59.4 Å². The highest BCUT2D eigenvalue weighted by Crippen LogP contribution is 2.14. The van der Waals surface area contributed by atoms with Crippen LogP contribution in [0.3, 0.4) is 0 Å². The Labute approximate surface area is 69.8 Å². The van der Waals surface area contributed by atoms with E-state index in [1.807, 2.05) is 0 Å². The highest BCUT2D eigenvalue weighted by atomic mass is 16.5. The fraction of sp³-hybridized carbons (Fsp3) is 0.250. The molecule has 0 saturated carbocycles. The van der Waals surface area contributed by atoms with Crippen LogP contribution in [0.4, 0.5) is 0 Å². The highest BCUT2D eigenvalue weighted by Gasteiger charge is 2.17. The maximum absolute atomic E-state index is 10.6. The van der Waals surface area contributed by atoms with Crippen molar-refractivity contribution in [3.63, 3.8) is 0 Å². The molecule has 0 bridgehead atoms. The summed E-state index contributed by atoms with van der Waals surface area (Å²) in [5.74, 6) is -0.997. The Morgan fingerprint density at radius 3 is 2.58 bits per heavy atom. The zero-order valence-electron chi connectivity index (χ0n) is 6.60. The molecule has 1 unspecified atom stereocenters. The van der Waals surface area contributed by atoms with Crippen LogP contribution >= 0.6 is 0 Å². The number of pyridine rings is 1. The monoisotopic (exact) mass is 167 g/mol. The van der Waals surface area contributed by atoms with Gasteiger partial charge in [-0.2, -0.15) is 0 Å². The fourth-order valence-electron chi connectivity index (χ4n) is 0.918. The van der Waals surface area contributed by atoms with Crippen LogP contribution in [-0.2, 0) is 9.53 Å². The summed E-state index contributed by atoms with van der Waals surface area (Å²) in [6.07, 6.45) is 2.17. The van der Waals surface area contributed by atoms with Gasteiger partial charge in [0.25, 0.3) is 0 Å². The van der Waals surface area contributed by atoms with Crippen molar-refractivity contribution in [2.24, 2.45) is 0 Å². The number of nitrogens with zero attached hydrogens (tertiary/aromatic N) is 1. The predicted molar refractivity (Wildman–Crippen MR) is 41.6 cm³/mol. The number of hydrogen-bond donors (Lipinski definition) is 1. The summed E-state index contributed by atoms with van der Waals surface area (Å²) in [6.45, 7) is 0. The van der Waals surface area contributed by atoms with E-state index in [1.54, 1.807) is 12.1 Å². The number of rotatable bonds is 3. The summed E-state index contributed by atoms with van der Waals surface area (Å²) in [5.41, 5.74) is 0.597. The summed E-state index contributed by atoms with van der Waals surface area (Å²) in [4.78, 5) is 14.4. The molecule has 0 spiro atoms. The first kappa shape index (κ1) is 8.67. The molecule has 1 rings (SSSR count). The SMILES string of the molecule is COC(C(=O)O)c1ccncc1. The molecule has 1 aromatic heterocycles. The van der Waals surface area contributed by atoms with E-state index in [1.165, 1.54) is 19.5 Å². The fourth-order valence-corrected chi connectivity index (χ4v) is 0.918. The molecule has 1 atom stereocenters. The Balaban J connectivity index is 2.88. The van der Waals surface area contributed by atoms with Gasteiger partial charge < -0.3 is 9.84 Å². The van der Waals surface area contributed by atoms with Gasteiger partial charge in [0.1, 0.15) is 0 Å². The number of methoxy groups -OCH3 is 1. The molecule has 4 heteroatoms. The number of aromatic nitrogens is 1. The third kappa shape index (κ3) is 1.79. The predicted octanol–water partition coefficient (Wildman–Crippen LogP) is 0.854. The van der Waals surface area contributed by atoms with Crippen molar-refractivity contribution in [1.82, 2.24) is 4.98 Å². The minimum absolute atomic E-state index is 0.597. The molecule has 64 valence electrons. The molecule has 0 aliphatic carbocycles. The molecule has 1 aromatic rings. The molecule has 0 aliphatic rings. The van der Waals surface area contributed by atoms with E-state index in [2.05, 4.69) is 4.98 Å². The van der Waals surface area contributed by atoms with Crippen LogP contribution in [0.2, 0.25) is 0 Å². The maximum atomic E-state index is 10.6. The Bertz CT molecular complexity index is 260. The number of carbonyl (C=O) groups is 1. The molecule has 1 heterocycles. The van der Waals surface area contributed by atoms with Gasteiger partial charge in [0.15, 0.2) is 6.10 Å². The summed E-state index contributed by atoms with van der Waals surface area (Å²) >= 11 is 0.